The van der Waals surface area contributed by atoms with Gasteiger partial charge in [-0.15, -0.1) is 0 Å². The predicted molar refractivity (Wildman–Crippen MR) is 113 cm³/mol. The molecule has 0 unspecified atom stereocenters. The molecule has 2 rings (SSSR count). The summed E-state index contributed by atoms with van der Waals surface area (Å²) in [7, 11) is -0.557. The molecule has 1 N–H and O–H groups in total. The summed E-state index contributed by atoms with van der Waals surface area (Å²) >= 11 is 1.30. The van der Waals surface area contributed by atoms with E-state index in [2.05, 4.69) is 17.2 Å². The van der Waals surface area contributed by atoms with Crippen LogP contribution in [-0.4, -0.2) is 43.0 Å². The van der Waals surface area contributed by atoms with Gasteiger partial charge in [-0.05, 0) is 31.0 Å². The van der Waals surface area contributed by atoms with Crippen molar-refractivity contribution in [2.75, 3.05) is 14.1 Å². The minimum atomic E-state index is -3.51. The summed E-state index contributed by atoms with van der Waals surface area (Å²) < 4.78 is 25.4. The number of pyridine rings is 1. The molecule has 0 saturated heterocycles. The average Bonchev–Trinajstić information content (AvgIpc) is 2.68. The summed E-state index contributed by atoms with van der Waals surface area (Å²) in [6.45, 7) is 3.91. The first-order valence-corrected chi connectivity index (χ1v) is 11.5. The van der Waals surface area contributed by atoms with Gasteiger partial charge in [0.1, 0.15) is 4.90 Å². The Bertz CT molecular complexity index is 869. The van der Waals surface area contributed by atoms with E-state index >= 15 is 0 Å². The molecule has 0 aliphatic heterocycles. The van der Waals surface area contributed by atoms with Gasteiger partial charge in [0.2, 0.25) is 15.9 Å². The summed E-state index contributed by atoms with van der Waals surface area (Å²) in [5, 5.41) is 3.36. The van der Waals surface area contributed by atoms with Gasteiger partial charge in [0.05, 0.1) is 16.3 Å². The SMILES string of the molecule is CCC[C@@H](NC(=O)[C@H](C)Sc1ccc(S(=O)(=O)N(C)C)cn1)c1ccccc1. The number of benzene rings is 1. The molecule has 1 amide bonds. The first-order valence-electron chi connectivity index (χ1n) is 9.16. The summed E-state index contributed by atoms with van der Waals surface area (Å²) in [5.41, 5.74) is 1.09. The predicted octanol–water partition coefficient (Wildman–Crippen LogP) is 3.47. The lowest BCUT2D eigenvalue weighted by Crippen LogP contribution is -2.34. The van der Waals surface area contributed by atoms with Crippen molar-refractivity contribution in [2.24, 2.45) is 0 Å². The molecule has 0 bridgehead atoms. The number of carbonyl (C=O) groups is 1. The van der Waals surface area contributed by atoms with Gasteiger partial charge in [-0.3, -0.25) is 4.79 Å². The maximum atomic E-state index is 12.7. The zero-order valence-corrected chi connectivity index (χ0v) is 18.3. The van der Waals surface area contributed by atoms with Crippen molar-refractivity contribution in [1.29, 1.82) is 0 Å². The maximum absolute atomic E-state index is 12.7. The lowest BCUT2D eigenvalue weighted by molar-refractivity contribution is -0.121. The Hall–Kier alpha value is -1.90. The van der Waals surface area contributed by atoms with Gasteiger partial charge >= 0.3 is 0 Å². The van der Waals surface area contributed by atoms with E-state index in [1.807, 2.05) is 37.3 Å². The monoisotopic (exact) mass is 421 g/mol. The Kier molecular flexibility index (Phi) is 8.03. The zero-order chi connectivity index (χ0) is 20.7. The summed E-state index contributed by atoms with van der Waals surface area (Å²) in [4.78, 5) is 17.0. The van der Waals surface area contributed by atoms with Crippen LogP contribution in [0.25, 0.3) is 0 Å². The first kappa shape index (κ1) is 22.4. The fourth-order valence-corrected chi connectivity index (χ4v) is 4.26. The molecule has 0 spiro atoms. The minimum absolute atomic E-state index is 0.0256. The fraction of sp³-hybridized carbons (Fsp3) is 0.400. The van der Waals surface area contributed by atoms with Gasteiger partial charge in [-0.1, -0.05) is 55.4 Å². The smallest absolute Gasteiger partial charge is 0.244 e. The first-order chi connectivity index (χ1) is 13.3. The summed E-state index contributed by atoms with van der Waals surface area (Å²) in [5.74, 6) is -0.0703. The van der Waals surface area contributed by atoms with Gasteiger partial charge in [0, 0.05) is 20.3 Å². The second-order valence-corrected chi connectivity index (χ2v) is 10.2. The third-order valence-corrected chi connectivity index (χ3v) is 7.10. The van der Waals surface area contributed by atoms with E-state index in [4.69, 9.17) is 0 Å². The highest BCUT2D eigenvalue weighted by Crippen LogP contribution is 2.25. The average molecular weight is 422 g/mol. The second-order valence-electron chi connectivity index (χ2n) is 6.64. The Morgan fingerprint density at radius 2 is 1.86 bits per heavy atom. The van der Waals surface area contributed by atoms with E-state index in [0.717, 1.165) is 22.7 Å². The zero-order valence-electron chi connectivity index (χ0n) is 16.6. The summed E-state index contributed by atoms with van der Waals surface area (Å²) in [6.07, 6.45) is 3.15. The van der Waals surface area contributed by atoms with Crippen molar-refractivity contribution in [2.45, 2.75) is 47.9 Å². The molecule has 0 saturated carbocycles. The van der Waals surface area contributed by atoms with Crippen molar-refractivity contribution in [3.63, 3.8) is 0 Å². The molecule has 152 valence electrons. The lowest BCUT2D eigenvalue weighted by atomic mass is 10.0. The number of rotatable bonds is 9. The van der Waals surface area contributed by atoms with Gasteiger partial charge < -0.3 is 5.32 Å². The van der Waals surface area contributed by atoms with Crippen LogP contribution in [-0.2, 0) is 14.8 Å². The van der Waals surface area contributed by atoms with E-state index in [-0.39, 0.29) is 22.1 Å². The highest BCUT2D eigenvalue weighted by Gasteiger charge is 2.21. The Balaban J connectivity index is 2.03. The van der Waals surface area contributed by atoms with Crippen LogP contribution in [0, 0.1) is 0 Å². The quantitative estimate of drug-likeness (QED) is 0.627. The number of nitrogens with zero attached hydrogens (tertiary/aromatic N) is 2. The van der Waals surface area contributed by atoms with Crippen LogP contribution in [0.2, 0.25) is 0 Å². The third-order valence-electron chi connectivity index (χ3n) is 4.25. The van der Waals surface area contributed by atoms with Crippen LogP contribution >= 0.6 is 11.8 Å². The van der Waals surface area contributed by atoms with Crippen molar-refractivity contribution < 1.29 is 13.2 Å². The van der Waals surface area contributed by atoms with Crippen molar-refractivity contribution >= 4 is 27.7 Å². The number of amides is 1. The highest BCUT2D eigenvalue weighted by atomic mass is 32.2. The number of thioether (sulfide) groups is 1. The van der Waals surface area contributed by atoms with Gasteiger partial charge in [0.15, 0.2) is 0 Å². The second kappa shape index (κ2) is 10.0. The van der Waals surface area contributed by atoms with Gasteiger partial charge in [0.25, 0.3) is 0 Å². The molecule has 8 heteroatoms. The number of carbonyl (C=O) groups excluding carboxylic acids is 1. The number of aromatic nitrogens is 1. The van der Waals surface area contributed by atoms with E-state index in [0.29, 0.717) is 5.03 Å². The van der Waals surface area contributed by atoms with E-state index in [1.54, 1.807) is 6.07 Å². The van der Waals surface area contributed by atoms with Crippen LogP contribution in [0.4, 0.5) is 0 Å². The van der Waals surface area contributed by atoms with E-state index < -0.39 is 10.0 Å². The topological polar surface area (TPSA) is 79.4 Å². The molecule has 1 heterocycles. The summed E-state index contributed by atoms with van der Waals surface area (Å²) in [6, 6.07) is 13.0. The maximum Gasteiger partial charge on any atom is 0.244 e. The lowest BCUT2D eigenvalue weighted by Gasteiger charge is -2.21. The van der Waals surface area contributed by atoms with Crippen LogP contribution in [0.15, 0.2) is 58.6 Å². The molecule has 2 atom stereocenters. The number of hydrogen-bond acceptors (Lipinski definition) is 5. The Labute approximate surface area is 171 Å². The highest BCUT2D eigenvalue weighted by molar-refractivity contribution is 8.00. The van der Waals surface area contributed by atoms with Crippen LogP contribution in [0.1, 0.15) is 38.3 Å². The largest absolute Gasteiger partial charge is 0.348 e. The number of sulfonamides is 1. The van der Waals surface area contributed by atoms with E-state index in [9.17, 15) is 13.2 Å². The minimum Gasteiger partial charge on any atom is -0.348 e. The van der Waals surface area contributed by atoms with Crippen LogP contribution < -0.4 is 5.32 Å². The fourth-order valence-electron chi connectivity index (χ4n) is 2.62. The van der Waals surface area contributed by atoms with Gasteiger partial charge in [-0.25, -0.2) is 17.7 Å². The molecular formula is C20H27N3O3S2. The van der Waals surface area contributed by atoms with Crippen molar-refractivity contribution in [1.82, 2.24) is 14.6 Å². The Morgan fingerprint density at radius 3 is 2.39 bits per heavy atom. The molecule has 6 nitrogen and oxygen atoms in total. The van der Waals surface area contributed by atoms with Crippen molar-refractivity contribution in [3.05, 3.63) is 54.2 Å². The third kappa shape index (κ3) is 5.80. The Morgan fingerprint density at radius 1 is 1.18 bits per heavy atom. The number of hydrogen-bond donors (Lipinski definition) is 1. The molecule has 28 heavy (non-hydrogen) atoms. The number of nitrogens with one attached hydrogen (secondary N) is 1. The molecule has 1 aromatic heterocycles. The van der Waals surface area contributed by atoms with Crippen molar-refractivity contribution in [3.8, 4) is 0 Å². The van der Waals surface area contributed by atoms with Crippen LogP contribution in [0.3, 0.4) is 0 Å². The van der Waals surface area contributed by atoms with E-state index in [1.165, 1.54) is 38.1 Å². The van der Waals surface area contributed by atoms with Gasteiger partial charge in [-0.2, -0.15) is 0 Å². The molecule has 1 aromatic carbocycles. The molecule has 0 radical (unpaired) electrons. The molecule has 2 aromatic rings. The standard InChI is InChI=1S/C20H27N3O3S2/c1-5-9-18(16-10-7-6-8-11-16)22-20(24)15(2)27-19-13-12-17(14-21-19)28(25,26)23(3)4/h6-8,10-15,18H,5,9H2,1-4H3,(H,22,24)/t15-,18+/m0/s1. The molecular weight excluding hydrogens is 394 g/mol. The molecule has 0 fully saturated rings. The normalized spacial score (nSPS) is 13.9. The molecule has 0 aliphatic rings. The van der Waals surface area contributed by atoms with Crippen LogP contribution in [0.5, 0.6) is 0 Å². The molecule has 0 aliphatic carbocycles.